The summed E-state index contributed by atoms with van der Waals surface area (Å²) in [4.78, 5) is 0. The molecule has 1 heteroatoms. The average molecular weight is 360 g/mol. The average Bonchev–Trinajstić information content (AvgIpc) is 3.15. The number of hydrogen-bond acceptors (Lipinski definition) is 1. The lowest BCUT2D eigenvalue weighted by Gasteiger charge is -2.10. The number of hydrogen-bond donors (Lipinski definition) is 0. The molecule has 0 aliphatic carbocycles. The third kappa shape index (κ3) is 2.82. The molecule has 5 rings (SSSR count). The zero-order valence-corrected chi connectivity index (χ0v) is 15.7. The fourth-order valence-electron chi connectivity index (χ4n) is 3.81. The monoisotopic (exact) mass is 360 g/mol. The molecular weight excluding hydrogens is 340 g/mol. The molecule has 0 aliphatic heterocycles. The number of fused-ring (bicyclic) bond motifs is 1. The number of aryl methyl sites for hydroxylation is 1. The van der Waals surface area contributed by atoms with E-state index in [0.717, 1.165) is 33.4 Å². The first-order valence-corrected chi connectivity index (χ1v) is 9.54. The van der Waals surface area contributed by atoms with E-state index in [2.05, 4.69) is 85.8 Å². The molecule has 0 unspecified atom stereocenters. The summed E-state index contributed by atoms with van der Waals surface area (Å²) in [6, 6.07) is 35.9. The smallest absolute Gasteiger partial charge is 0.143 e. The first-order valence-electron chi connectivity index (χ1n) is 9.54. The Kier molecular flexibility index (Phi) is 4.06. The van der Waals surface area contributed by atoms with Crippen LogP contribution in [-0.4, -0.2) is 0 Å². The third-order valence-corrected chi connectivity index (χ3v) is 5.16. The molecule has 134 valence electrons. The molecule has 0 aliphatic rings. The Morgan fingerprint density at radius 2 is 1.07 bits per heavy atom. The molecule has 0 spiro atoms. The maximum absolute atomic E-state index is 6.55. The molecule has 1 heterocycles. The van der Waals surface area contributed by atoms with Crippen molar-refractivity contribution in [3.63, 3.8) is 0 Å². The second kappa shape index (κ2) is 6.86. The van der Waals surface area contributed by atoms with Gasteiger partial charge in [-0.2, -0.15) is 0 Å². The Balaban J connectivity index is 1.81. The maximum atomic E-state index is 6.55. The zero-order valence-electron chi connectivity index (χ0n) is 15.7. The van der Waals surface area contributed by atoms with Gasteiger partial charge in [-0.25, -0.2) is 0 Å². The van der Waals surface area contributed by atoms with Crippen LogP contribution in [0.5, 0.6) is 0 Å². The van der Waals surface area contributed by atoms with Crippen LogP contribution in [0.15, 0.2) is 108 Å². The molecule has 0 radical (unpaired) electrons. The Morgan fingerprint density at radius 1 is 0.500 bits per heavy atom. The van der Waals surface area contributed by atoms with Crippen molar-refractivity contribution in [2.75, 3.05) is 0 Å². The van der Waals surface area contributed by atoms with Gasteiger partial charge in [0, 0.05) is 21.9 Å². The summed E-state index contributed by atoms with van der Waals surface area (Å²) < 4.78 is 6.55. The second-order valence-electron chi connectivity index (χ2n) is 7.09. The highest BCUT2D eigenvalue weighted by Crippen LogP contribution is 2.42. The quantitative estimate of drug-likeness (QED) is 0.321. The lowest BCUT2D eigenvalue weighted by Crippen LogP contribution is -1.86. The summed E-state index contributed by atoms with van der Waals surface area (Å²) in [6.45, 7) is 2.13. The van der Waals surface area contributed by atoms with Gasteiger partial charge < -0.3 is 4.42 Å². The van der Waals surface area contributed by atoms with E-state index in [1.165, 1.54) is 16.7 Å². The van der Waals surface area contributed by atoms with Crippen LogP contribution in [0.1, 0.15) is 5.56 Å². The predicted molar refractivity (Wildman–Crippen MR) is 117 cm³/mol. The van der Waals surface area contributed by atoms with E-state index < -0.39 is 0 Å². The van der Waals surface area contributed by atoms with Gasteiger partial charge in [0.2, 0.25) is 0 Å². The first kappa shape index (κ1) is 16.6. The minimum Gasteiger partial charge on any atom is -0.455 e. The van der Waals surface area contributed by atoms with Gasteiger partial charge >= 0.3 is 0 Å². The Bertz CT molecular complexity index is 1250. The van der Waals surface area contributed by atoms with E-state index in [1.807, 2.05) is 24.3 Å². The topological polar surface area (TPSA) is 13.1 Å². The van der Waals surface area contributed by atoms with Gasteiger partial charge in [-0.3, -0.25) is 0 Å². The number of benzene rings is 4. The van der Waals surface area contributed by atoms with Gasteiger partial charge in [0.15, 0.2) is 0 Å². The summed E-state index contributed by atoms with van der Waals surface area (Å²) in [5, 5.41) is 2.29. The van der Waals surface area contributed by atoms with Gasteiger partial charge in [0.05, 0.1) is 0 Å². The molecular formula is C27H20O. The number of rotatable bonds is 3. The van der Waals surface area contributed by atoms with Gasteiger partial charge in [-0.1, -0.05) is 103 Å². The molecule has 0 N–H and O–H groups in total. The van der Waals surface area contributed by atoms with Gasteiger partial charge in [-0.15, -0.1) is 0 Å². The van der Waals surface area contributed by atoms with Crippen LogP contribution in [0.2, 0.25) is 0 Å². The third-order valence-electron chi connectivity index (χ3n) is 5.16. The van der Waals surface area contributed by atoms with Crippen molar-refractivity contribution >= 4 is 10.8 Å². The van der Waals surface area contributed by atoms with E-state index >= 15 is 0 Å². The highest BCUT2D eigenvalue weighted by molar-refractivity contribution is 6.04. The van der Waals surface area contributed by atoms with Crippen LogP contribution >= 0.6 is 0 Å². The van der Waals surface area contributed by atoms with Crippen molar-refractivity contribution in [3.05, 3.63) is 109 Å². The summed E-state index contributed by atoms with van der Waals surface area (Å²) >= 11 is 0. The number of furan rings is 1. The minimum atomic E-state index is 0.923. The van der Waals surface area contributed by atoms with Crippen molar-refractivity contribution in [1.82, 2.24) is 0 Å². The van der Waals surface area contributed by atoms with E-state index in [-0.39, 0.29) is 0 Å². The molecule has 4 aromatic carbocycles. The first-order chi connectivity index (χ1) is 13.8. The van der Waals surface area contributed by atoms with Gasteiger partial charge in [0.1, 0.15) is 11.5 Å². The van der Waals surface area contributed by atoms with Crippen LogP contribution in [-0.2, 0) is 0 Å². The summed E-state index contributed by atoms with van der Waals surface area (Å²) in [5.41, 5.74) is 5.82. The van der Waals surface area contributed by atoms with Crippen LogP contribution in [0, 0.1) is 6.92 Å². The zero-order chi connectivity index (χ0) is 18.9. The molecule has 1 nitrogen and oxygen atoms in total. The van der Waals surface area contributed by atoms with Crippen LogP contribution in [0.25, 0.3) is 44.5 Å². The summed E-state index contributed by atoms with van der Waals surface area (Å²) in [7, 11) is 0. The van der Waals surface area contributed by atoms with Gasteiger partial charge in [0.25, 0.3) is 0 Å². The van der Waals surface area contributed by atoms with Crippen molar-refractivity contribution in [2.24, 2.45) is 0 Å². The Hall–Kier alpha value is -3.58. The maximum Gasteiger partial charge on any atom is 0.143 e. The van der Waals surface area contributed by atoms with Crippen molar-refractivity contribution in [2.45, 2.75) is 6.92 Å². The molecule has 0 bridgehead atoms. The van der Waals surface area contributed by atoms with Crippen LogP contribution in [0.4, 0.5) is 0 Å². The molecule has 0 atom stereocenters. The molecule has 0 fully saturated rings. The predicted octanol–water partition coefficient (Wildman–Crippen LogP) is 7.74. The van der Waals surface area contributed by atoms with E-state index in [1.54, 1.807) is 0 Å². The Morgan fingerprint density at radius 3 is 1.75 bits per heavy atom. The standard InChI is InChI=1S/C27H20O/c1-19-16-17-22(20-10-4-2-5-11-20)25(18-19)27-24-15-9-8-14-23(24)26(28-27)21-12-6-3-7-13-21/h2-18H,1H3. The van der Waals surface area contributed by atoms with Crippen LogP contribution < -0.4 is 0 Å². The van der Waals surface area contributed by atoms with Gasteiger partial charge in [-0.05, 0) is 24.1 Å². The molecule has 5 aromatic rings. The fourth-order valence-corrected chi connectivity index (χ4v) is 3.81. The lowest BCUT2D eigenvalue weighted by molar-refractivity contribution is 0.602. The van der Waals surface area contributed by atoms with E-state index in [0.29, 0.717) is 0 Å². The van der Waals surface area contributed by atoms with Crippen LogP contribution in [0.3, 0.4) is 0 Å². The minimum absolute atomic E-state index is 0.923. The highest BCUT2D eigenvalue weighted by Gasteiger charge is 2.18. The summed E-state index contributed by atoms with van der Waals surface area (Å²) in [6.07, 6.45) is 0. The van der Waals surface area contributed by atoms with E-state index in [9.17, 15) is 0 Å². The highest BCUT2D eigenvalue weighted by atomic mass is 16.3. The van der Waals surface area contributed by atoms with Crippen molar-refractivity contribution in [3.8, 4) is 33.8 Å². The molecule has 28 heavy (non-hydrogen) atoms. The Labute approximate surface area is 164 Å². The molecule has 0 amide bonds. The molecule has 0 saturated heterocycles. The van der Waals surface area contributed by atoms with Crippen molar-refractivity contribution in [1.29, 1.82) is 0 Å². The summed E-state index contributed by atoms with van der Waals surface area (Å²) in [5.74, 6) is 1.85. The largest absolute Gasteiger partial charge is 0.455 e. The SMILES string of the molecule is Cc1ccc(-c2ccccc2)c(-c2oc(-c3ccccc3)c3ccccc23)c1. The molecule has 0 saturated carbocycles. The normalized spacial score (nSPS) is 11.0. The second-order valence-corrected chi connectivity index (χ2v) is 7.09. The van der Waals surface area contributed by atoms with Crippen molar-refractivity contribution < 1.29 is 4.42 Å². The molecule has 1 aromatic heterocycles. The lowest BCUT2D eigenvalue weighted by atomic mass is 9.95. The fraction of sp³-hybridized carbons (Fsp3) is 0.0370. The van der Waals surface area contributed by atoms with E-state index in [4.69, 9.17) is 4.42 Å².